The molecular weight excluding hydrogens is 556 g/mol. The van der Waals surface area contributed by atoms with Gasteiger partial charge in [-0.1, -0.05) is 47.5 Å². The van der Waals surface area contributed by atoms with E-state index in [4.69, 9.17) is 19.9 Å². The number of nitriles is 1. The first-order valence-corrected chi connectivity index (χ1v) is 14.8. The van der Waals surface area contributed by atoms with Gasteiger partial charge < -0.3 is 30.4 Å². The first kappa shape index (κ1) is 32.3. The Kier molecular flexibility index (Phi) is 9.73. The number of esters is 2. The number of anilines is 1. The topological polar surface area (TPSA) is 191 Å². The lowest BCUT2D eigenvalue weighted by molar-refractivity contribution is -0.163. The van der Waals surface area contributed by atoms with Crippen LogP contribution in [0.15, 0.2) is 18.5 Å². The first-order chi connectivity index (χ1) is 20.3. The molecule has 13 heteroatoms. The minimum absolute atomic E-state index is 0.111. The van der Waals surface area contributed by atoms with Crippen molar-refractivity contribution >= 4 is 29.2 Å². The number of nitrogens with one attached hydrogen (secondary N) is 1. The Bertz CT molecular complexity index is 1380. The Morgan fingerprint density at radius 1 is 1.30 bits per heavy atom. The number of aliphatic hydroxyl groups is 1. The fraction of sp³-hybridized carbons (Fsp3) is 0.667. The van der Waals surface area contributed by atoms with Gasteiger partial charge in [-0.15, -0.1) is 0 Å². The molecule has 4 N–H and O–H groups in total. The second kappa shape index (κ2) is 13.0. The van der Waals surface area contributed by atoms with Gasteiger partial charge in [0.2, 0.25) is 11.5 Å². The van der Waals surface area contributed by atoms with Crippen molar-refractivity contribution < 1.29 is 33.7 Å². The van der Waals surface area contributed by atoms with Crippen molar-refractivity contribution in [3.05, 3.63) is 24.2 Å². The van der Waals surface area contributed by atoms with Gasteiger partial charge in [0.1, 0.15) is 42.8 Å². The molecule has 1 aliphatic heterocycles. The predicted molar refractivity (Wildman–Crippen MR) is 154 cm³/mol. The van der Waals surface area contributed by atoms with Crippen LogP contribution in [0, 0.1) is 28.6 Å². The first-order valence-electron chi connectivity index (χ1n) is 14.8. The molecule has 1 saturated carbocycles. The molecule has 3 heterocycles. The monoisotopic (exact) mass is 598 g/mol. The highest BCUT2D eigenvalue weighted by molar-refractivity contribution is 5.94. The van der Waals surface area contributed by atoms with Crippen LogP contribution in [0.5, 0.6) is 0 Å². The van der Waals surface area contributed by atoms with Gasteiger partial charge in [0.25, 0.3) is 0 Å². The van der Waals surface area contributed by atoms with E-state index in [1.807, 2.05) is 13.0 Å². The molecule has 1 aliphatic carbocycles. The smallest absolute Gasteiger partial charge is 0.323 e. The third-order valence-corrected chi connectivity index (χ3v) is 8.51. The highest BCUT2D eigenvalue weighted by Gasteiger charge is 2.60. The van der Waals surface area contributed by atoms with Crippen molar-refractivity contribution in [1.82, 2.24) is 14.6 Å². The summed E-state index contributed by atoms with van der Waals surface area (Å²) in [5, 5.41) is 29.1. The van der Waals surface area contributed by atoms with Gasteiger partial charge in [0.15, 0.2) is 11.9 Å². The van der Waals surface area contributed by atoms with Gasteiger partial charge in [0, 0.05) is 12.3 Å². The highest BCUT2D eigenvalue weighted by Crippen LogP contribution is 2.42. The zero-order valence-corrected chi connectivity index (χ0v) is 25.4. The zero-order chi connectivity index (χ0) is 31.5. The van der Waals surface area contributed by atoms with Gasteiger partial charge in [0.05, 0.1) is 5.69 Å². The summed E-state index contributed by atoms with van der Waals surface area (Å²) in [6.45, 7) is 8.64. The molecule has 0 bridgehead atoms. The third-order valence-electron chi connectivity index (χ3n) is 8.51. The van der Waals surface area contributed by atoms with Gasteiger partial charge >= 0.3 is 11.9 Å². The molecule has 0 radical (unpaired) electrons. The second-order valence-corrected chi connectivity index (χ2v) is 12.7. The highest BCUT2D eigenvalue weighted by atomic mass is 16.6. The van der Waals surface area contributed by atoms with Crippen molar-refractivity contribution in [2.24, 2.45) is 23.0 Å². The van der Waals surface area contributed by atoms with E-state index in [-0.39, 0.29) is 42.3 Å². The van der Waals surface area contributed by atoms with Crippen LogP contribution >= 0.6 is 0 Å². The maximum Gasteiger partial charge on any atom is 0.323 e. The minimum atomic E-state index is -2.09. The van der Waals surface area contributed by atoms with Crippen LogP contribution in [0.25, 0.3) is 5.52 Å². The number of rotatable bonds is 10. The van der Waals surface area contributed by atoms with Crippen LogP contribution in [-0.2, 0) is 34.2 Å². The van der Waals surface area contributed by atoms with Gasteiger partial charge in [-0.3, -0.25) is 14.4 Å². The molecule has 1 amide bonds. The summed E-state index contributed by atoms with van der Waals surface area (Å²) in [6, 6.07) is 4.11. The lowest BCUT2D eigenvalue weighted by Gasteiger charge is -2.29. The Morgan fingerprint density at radius 2 is 2.00 bits per heavy atom. The molecule has 2 fully saturated rings. The average Bonchev–Trinajstić information content (AvgIpc) is 3.70. The molecule has 2 aromatic heterocycles. The maximum absolute atomic E-state index is 13.1. The second-order valence-electron chi connectivity index (χ2n) is 12.7. The van der Waals surface area contributed by atoms with Crippen LogP contribution in [0.3, 0.4) is 0 Å². The van der Waals surface area contributed by atoms with Crippen LogP contribution in [-0.4, -0.2) is 68.5 Å². The third kappa shape index (κ3) is 6.66. The van der Waals surface area contributed by atoms with E-state index < -0.39 is 47.3 Å². The number of nitrogens with zero attached hydrogens (tertiary/aromatic N) is 4. The quantitative estimate of drug-likeness (QED) is 0.341. The number of hydrogen-bond acceptors (Lipinski definition) is 11. The van der Waals surface area contributed by atoms with E-state index in [9.17, 15) is 24.8 Å². The number of aliphatic hydroxyl groups excluding tert-OH is 1. The van der Waals surface area contributed by atoms with Crippen LogP contribution in [0.1, 0.15) is 78.8 Å². The van der Waals surface area contributed by atoms with E-state index in [1.54, 1.807) is 33.8 Å². The fourth-order valence-corrected chi connectivity index (χ4v) is 5.42. The number of hydrogen-bond donors (Lipinski definition) is 3. The summed E-state index contributed by atoms with van der Waals surface area (Å²) in [7, 11) is 0. The lowest BCUT2D eigenvalue weighted by Crippen LogP contribution is -2.49. The molecule has 2 aliphatic rings. The largest absolute Gasteiger partial charge is 0.463 e. The van der Waals surface area contributed by atoms with Gasteiger partial charge in [-0.05, 0) is 42.7 Å². The van der Waals surface area contributed by atoms with Crippen molar-refractivity contribution in [3.63, 3.8) is 0 Å². The SMILES string of the molecule is CC[C@H](C)C(=O)Nc1ncnn2c([C@]3(C#N)O[C@H](COC(=O)CC4CCCC4)[C@@H](OC(=O)[C@H](N)C(C)(C)C)[C@H]3O)ccc12. The number of fused-ring (bicyclic) bond motifs is 1. The summed E-state index contributed by atoms with van der Waals surface area (Å²) in [6.07, 6.45) is 1.86. The Morgan fingerprint density at radius 3 is 2.63 bits per heavy atom. The maximum atomic E-state index is 13.1. The molecule has 0 unspecified atom stereocenters. The van der Waals surface area contributed by atoms with Crippen molar-refractivity contribution in [1.29, 1.82) is 5.26 Å². The minimum Gasteiger partial charge on any atom is -0.463 e. The van der Waals surface area contributed by atoms with E-state index in [0.29, 0.717) is 11.9 Å². The molecule has 0 spiro atoms. The zero-order valence-electron chi connectivity index (χ0n) is 25.4. The molecule has 6 atom stereocenters. The Labute approximate surface area is 251 Å². The standard InChI is InChI=1S/C30H42N6O7/c1-6-17(2)27(39)35-26-19-11-12-21(36(19)34-16-33-26)30(15-31)25(38)23(42-28(40)24(32)29(3,4)5)20(43-30)14-41-22(37)13-18-9-7-8-10-18/h11-12,16-18,20,23-25,38H,6-10,13-14,32H2,1-5H3,(H,33,34,35,39)/t17-,20+,23+,24-,25+,30-/m0/s1. The number of ether oxygens (including phenoxy) is 3. The van der Waals surface area contributed by atoms with Gasteiger partial charge in [-0.25, -0.2) is 9.50 Å². The molecule has 43 heavy (non-hydrogen) atoms. The molecule has 234 valence electrons. The molecule has 4 rings (SSSR count). The normalized spacial score (nSPS) is 25.7. The predicted octanol–water partition coefficient (Wildman–Crippen LogP) is 2.60. The van der Waals surface area contributed by atoms with E-state index in [0.717, 1.165) is 25.7 Å². The van der Waals surface area contributed by atoms with Crippen LogP contribution < -0.4 is 11.1 Å². The molecular formula is C30H42N6O7. The summed E-state index contributed by atoms with van der Waals surface area (Å²) in [5.74, 6) is -1.27. The lowest BCUT2D eigenvalue weighted by atomic mass is 9.87. The van der Waals surface area contributed by atoms with Crippen LogP contribution in [0.2, 0.25) is 0 Å². The fourth-order valence-electron chi connectivity index (χ4n) is 5.42. The molecule has 2 aromatic rings. The number of carbonyl (C=O) groups excluding carboxylic acids is 3. The van der Waals surface area contributed by atoms with Crippen molar-refractivity contribution in [2.75, 3.05) is 11.9 Å². The number of carbonyl (C=O) groups is 3. The molecule has 0 aromatic carbocycles. The number of nitrogens with two attached hydrogens (primary N) is 1. The van der Waals surface area contributed by atoms with Crippen molar-refractivity contribution in [2.45, 2.75) is 103 Å². The summed E-state index contributed by atoms with van der Waals surface area (Å²) in [5.41, 5.74) is 3.86. The summed E-state index contributed by atoms with van der Waals surface area (Å²) in [4.78, 5) is 42.5. The van der Waals surface area contributed by atoms with E-state index in [1.165, 1.54) is 16.9 Å². The number of amides is 1. The van der Waals surface area contributed by atoms with E-state index in [2.05, 4.69) is 15.4 Å². The summed E-state index contributed by atoms with van der Waals surface area (Å²) >= 11 is 0. The Hall–Kier alpha value is -3.60. The van der Waals surface area contributed by atoms with E-state index >= 15 is 0 Å². The van der Waals surface area contributed by atoms with Crippen molar-refractivity contribution in [3.8, 4) is 6.07 Å². The average molecular weight is 599 g/mol. The van der Waals surface area contributed by atoms with Gasteiger partial charge in [-0.2, -0.15) is 10.4 Å². The molecule has 13 nitrogen and oxygen atoms in total. The molecule has 1 saturated heterocycles. The van der Waals surface area contributed by atoms with Crippen LogP contribution in [0.4, 0.5) is 5.82 Å². The summed E-state index contributed by atoms with van der Waals surface area (Å²) < 4.78 is 18.7. The number of aromatic nitrogens is 3. The Balaban J connectivity index is 1.65.